The second-order valence-corrected chi connectivity index (χ2v) is 6.93. The Morgan fingerprint density at radius 2 is 2.05 bits per heavy atom. The van der Waals surface area contributed by atoms with Crippen LogP contribution in [-0.2, 0) is 14.3 Å². The van der Waals surface area contributed by atoms with Crippen molar-refractivity contribution in [3.63, 3.8) is 0 Å². The smallest absolute Gasteiger partial charge is 0.307 e. The molecular weight excluding hydrogens is 298 g/mol. The third kappa shape index (κ3) is 5.37. The van der Waals surface area contributed by atoms with E-state index in [2.05, 4.69) is 37.4 Å². The maximum absolute atomic E-state index is 11.8. The number of thioether (sulfide) groups is 1. The number of esters is 1. The van der Waals surface area contributed by atoms with E-state index in [4.69, 9.17) is 4.74 Å². The first-order valence-electron chi connectivity index (χ1n) is 7.65. The number of nitrogens with one attached hydrogen (secondary N) is 1. The Labute approximate surface area is 136 Å². The number of carbonyl (C=O) groups excluding carboxylic acids is 2. The third-order valence-corrected chi connectivity index (χ3v) is 4.65. The van der Waals surface area contributed by atoms with Crippen molar-refractivity contribution in [1.82, 2.24) is 5.32 Å². The number of amides is 1. The molecule has 1 aliphatic carbocycles. The molecule has 1 aromatic carbocycles. The molecule has 0 spiro atoms. The zero-order valence-corrected chi connectivity index (χ0v) is 14.2. The molecule has 1 amide bonds. The van der Waals surface area contributed by atoms with Gasteiger partial charge in [-0.15, -0.1) is 11.8 Å². The van der Waals surface area contributed by atoms with Gasteiger partial charge in [-0.2, -0.15) is 0 Å². The maximum Gasteiger partial charge on any atom is 0.307 e. The van der Waals surface area contributed by atoms with Crippen LogP contribution in [0, 0.1) is 13.8 Å². The fourth-order valence-corrected chi connectivity index (χ4v) is 2.84. The van der Waals surface area contributed by atoms with Gasteiger partial charge in [-0.1, -0.05) is 6.07 Å². The van der Waals surface area contributed by atoms with E-state index >= 15 is 0 Å². The second kappa shape index (κ2) is 7.68. The molecule has 0 aliphatic heterocycles. The van der Waals surface area contributed by atoms with Gasteiger partial charge in [0.05, 0.1) is 6.42 Å². The molecule has 1 fully saturated rings. The Bertz CT molecular complexity index is 555. The van der Waals surface area contributed by atoms with Gasteiger partial charge in [0.25, 0.3) is 5.91 Å². The third-order valence-electron chi connectivity index (χ3n) is 3.65. The molecule has 2 rings (SSSR count). The van der Waals surface area contributed by atoms with E-state index in [9.17, 15) is 9.59 Å². The van der Waals surface area contributed by atoms with Crippen LogP contribution < -0.4 is 5.32 Å². The average Bonchev–Trinajstić information content (AvgIpc) is 3.26. The highest BCUT2D eigenvalue weighted by Gasteiger charge is 2.27. The Morgan fingerprint density at radius 1 is 1.32 bits per heavy atom. The number of carbonyl (C=O) groups is 2. The van der Waals surface area contributed by atoms with Gasteiger partial charge in [-0.05, 0) is 56.9 Å². The van der Waals surface area contributed by atoms with Crippen molar-refractivity contribution < 1.29 is 14.3 Å². The fourth-order valence-electron chi connectivity index (χ4n) is 1.91. The summed E-state index contributed by atoms with van der Waals surface area (Å²) >= 11 is 1.63. The van der Waals surface area contributed by atoms with E-state index in [0.29, 0.717) is 12.2 Å². The van der Waals surface area contributed by atoms with Crippen LogP contribution in [0.15, 0.2) is 23.1 Å². The van der Waals surface area contributed by atoms with Crippen LogP contribution in [0.1, 0.15) is 37.3 Å². The number of benzene rings is 1. The second-order valence-electron chi connectivity index (χ2n) is 5.76. The molecule has 1 N–H and O–H groups in total. The van der Waals surface area contributed by atoms with E-state index in [1.165, 1.54) is 11.1 Å². The van der Waals surface area contributed by atoms with Gasteiger partial charge < -0.3 is 10.1 Å². The van der Waals surface area contributed by atoms with E-state index in [0.717, 1.165) is 17.7 Å². The van der Waals surface area contributed by atoms with Crippen LogP contribution in [0.5, 0.6) is 0 Å². The highest BCUT2D eigenvalue weighted by molar-refractivity contribution is 7.99. The summed E-state index contributed by atoms with van der Waals surface area (Å²) in [6.07, 6.45) is 1.65. The lowest BCUT2D eigenvalue weighted by Crippen LogP contribution is -2.37. The van der Waals surface area contributed by atoms with Crippen molar-refractivity contribution in [2.75, 3.05) is 5.75 Å². The fraction of sp³-hybridized carbons (Fsp3) is 0.529. The molecular formula is C17H23NO3S. The number of aryl methyl sites for hydroxylation is 2. The molecule has 0 radical (unpaired) electrons. The first kappa shape index (κ1) is 16.9. The molecule has 1 aromatic rings. The minimum atomic E-state index is -0.709. The molecule has 0 bridgehead atoms. The summed E-state index contributed by atoms with van der Waals surface area (Å²) in [6, 6.07) is 6.55. The van der Waals surface area contributed by atoms with Crippen molar-refractivity contribution >= 4 is 23.6 Å². The van der Waals surface area contributed by atoms with Gasteiger partial charge in [0.2, 0.25) is 0 Å². The lowest BCUT2D eigenvalue weighted by atomic mass is 10.1. The first-order valence-corrected chi connectivity index (χ1v) is 8.64. The molecule has 4 nitrogen and oxygen atoms in total. The molecule has 22 heavy (non-hydrogen) atoms. The Hall–Kier alpha value is -1.49. The van der Waals surface area contributed by atoms with Gasteiger partial charge in [-0.25, -0.2) is 0 Å². The zero-order chi connectivity index (χ0) is 16.1. The van der Waals surface area contributed by atoms with Gasteiger partial charge in [0.1, 0.15) is 0 Å². The standard InChI is InChI=1S/C17H23NO3S/c1-11-4-7-15(10-12(11)2)22-9-8-16(19)21-13(3)17(20)18-14-5-6-14/h4,7,10,13-14H,5-6,8-9H2,1-3H3,(H,18,20)/t13-/m1/s1. The van der Waals surface area contributed by atoms with Crippen molar-refractivity contribution in [2.24, 2.45) is 0 Å². The van der Waals surface area contributed by atoms with Crippen molar-refractivity contribution in [2.45, 2.75) is 57.1 Å². The molecule has 0 aromatic heterocycles. The number of ether oxygens (including phenoxy) is 1. The summed E-state index contributed by atoms with van der Waals surface area (Å²) in [5.74, 6) is 0.130. The van der Waals surface area contributed by atoms with Crippen LogP contribution >= 0.6 is 11.8 Å². The molecule has 0 heterocycles. The van der Waals surface area contributed by atoms with Gasteiger partial charge in [-0.3, -0.25) is 9.59 Å². The van der Waals surface area contributed by atoms with Gasteiger partial charge in [0.15, 0.2) is 6.10 Å². The monoisotopic (exact) mass is 321 g/mol. The SMILES string of the molecule is Cc1ccc(SCCC(=O)O[C@H](C)C(=O)NC2CC2)cc1C. The van der Waals surface area contributed by atoms with Crippen LogP contribution in [0.3, 0.4) is 0 Å². The minimum absolute atomic E-state index is 0.197. The average molecular weight is 321 g/mol. The minimum Gasteiger partial charge on any atom is -0.453 e. The van der Waals surface area contributed by atoms with Crippen LogP contribution in [-0.4, -0.2) is 29.8 Å². The molecule has 1 saturated carbocycles. The summed E-state index contributed by atoms with van der Waals surface area (Å²) < 4.78 is 5.16. The Balaban J connectivity index is 1.68. The Kier molecular flexibility index (Phi) is 5.89. The summed E-state index contributed by atoms with van der Waals surface area (Å²) in [5.41, 5.74) is 2.51. The van der Waals surface area contributed by atoms with Crippen molar-refractivity contribution in [1.29, 1.82) is 0 Å². The molecule has 120 valence electrons. The topological polar surface area (TPSA) is 55.4 Å². The van der Waals surface area contributed by atoms with Crippen LogP contribution in [0.4, 0.5) is 0 Å². The quantitative estimate of drug-likeness (QED) is 0.619. The van der Waals surface area contributed by atoms with E-state index in [1.54, 1.807) is 18.7 Å². The predicted octanol–water partition coefficient (Wildman–Crippen LogP) is 3.00. The van der Waals surface area contributed by atoms with E-state index < -0.39 is 6.10 Å². The summed E-state index contributed by atoms with van der Waals surface area (Å²) in [6.45, 7) is 5.77. The van der Waals surface area contributed by atoms with Crippen molar-refractivity contribution in [3.8, 4) is 0 Å². The molecule has 1 atom stereocenters. The van der Waals surface area contributed by atoms with Gasteiger partial charge in [0, 0.05) is 16.7 Å². The maximum atomic E-state index is 11.8. The largest absolute Gasteiger partial charge is 0.453 e. The van der Waals surface area contributed by atoms with Crippen LogP contribution in [0.2, 0.25) is 0 Å². The molecule has 1 aliphatic rings. The summed E-state index contributed by atoms with van der Waals surface area (Å²) in [5, 5.41) is 2.83. The van der Waals surface area contributed by atoms with Crippen molar-refractivity contribution in [3.05, 3.63) is 29.3 Å². The van der Waals surface area contributed by atoms with Crippen LogP contribution in [0.25, 0.3) is 0 Å². The summed E-state index contributed by atoms with van der Waals surface area (Å²) in [4.78, 5) is 24.6. The van der Waals surface area contributed by atoms with E-state index in [1.807, 2.05) is 0 Å². The molecule has 0 saturated heterocycles. The lowest BCUT2D eigenvalue weighted by Gasteiger charge is -2.13. The van der Waals surface area contributed by atoms with Gasteiger partial charge >= 0.3 is 5.97 Å². The molecule has 0 unspecified atom stereocenters. The number of hydrogen-bond acceptors (Lipinski definition) is 4. The predicted molar refractivity (Wildman–Crippen MR) is 88.0 cm³/mol. The highest BCUT2D eigenvalue weighted by Crippen LogP contribution is 2.22. The normalized spacial score (nSPS) is 15.2. The Morgan fingerprint density at radius 3 is 2.68 bits per heavy atom. The lowest BCUT2D eigenvalue weighted by molar-refractivity contribution is -0.154. The zero-order valence-electron chi connectivity index (χ0n) is 13.3. The first-order chi connectivity index (χ1) is 10.5. The highest BCUT2D eigenvalue weighted by atomic mass is 32.2. The summed E-state index contributed by atoms with van der Waals surface area (Å²) in [7, 11) is 0. The molecule has 5 heteroatoms. The number of hydrogen-bond donors (Lipinski definition) is 1. The number of rotatable bonds is 7. The van der Waals surface area contributed by atoms with E-state index in [-0.39, 0.29) is 17.9 Å².